The van der Waals surface area contributed by atoms with Crippen molar-refractivity contribution < 1.29 is 52.7 Å². The van der Waals surface area contributed by atoms with Gasteiger partial charge in [0.25, 0.3) is 0 Å². The number of nitrogens with one attached hydrogen (secondary N) is 5. The molecule has 1 rings (SSSR count). The number of hydrogen-bond acceptors (Lipinski definition) is 13. The Balaban J connectivity index is 2.16. The summed E-state index contributed by atoms with van der Waals surface area (Å²) in [4.78, 5) is 50.0. The Hall–Kier alpha value is -2.78. The maximum atomic E-state index is 13.2. The molecule has 0 spiro atoms. The van der Waals surface area contributed by atoms with E-state index in [1.807, 2.05) is 0 Å². The van der Waals surface area contributed by atoms with Gasteiger partial charge in [-0.25, -0.2) is 0 Å². The monoisotopic (exact) mass is 806 g/mol. The zero-order valence-electron chi connectivity index (χ0n) is 30.5. The predicted octanol–water partition coefficient (Wildman–Crippen LogP) is -0.0127. The fraction of sp³-hybridized carbons (Fsp3) is 0.706. The van der Waals surface area contributed by atoms with Gasteiger partial charge < -0.3 is 54.8 Å². The molecule has 2 atom stereocenters. The highest BCUT2D eigenvalue weighted by atomic mass is 79.9. The number of halogens is 1. The molecule has 1 aromatic carbocycles. The van der Waals surface area contributed by atoms with Gasteiger partial charge >= 0.3 is 0 Å². The maximum absolute atomic E-state index is 13.2. The van der Waals surface area contributed by atoms with Gasteiger partial charge in [-0.2, -0.15) is 0 Å². The molecule has 0 aromatic heterocycles. The van der Waals surface area contributed by atoms with Gasteiger partial charge in [-0.1, -0.05) is 41.9 Å². The minimum absolute atomic E-state index is 0.0487. The lowest BCUT2D eigenvalue weighted by Crippen LogP contribution is -2.54. The number of anilines is 1. The van der Waals surface area contributed by atoms with Gasteiger partial charge in [0.05, 0.1) is 91.2 Å². The lowest BCUT2D eigenvalue weighted by atomic mass is 10.0. The van der Waals surface area contributed by atoms with Crippen molar-refractivity contribution in [2.24, 2.45) is 11.8 Å². The first-order chi connectivity index (χ1) is 25.2. The standard InChI is InChI=1S/C34H59BrN6O11/c1-26(2)32(34(46)40-29(4-3-10-38-36)33(45)39-28-7-5-27(25-42)6-8-28)41-30(43)9-12-47-14-16-49-18-20-51-22-23-52-21-19-50-17-15-48-13-11-37-31(44)24-35/h5-8,26,29,32,38,42H,3-4,9-25,36H2,1-2H3,(H,37,44)(H,39,45)(H,40,46)(H,41,43)/t29-,32-/m0/s1. The van der Waals surface area contributed by atoms with Crippen LogP contribution in [-0.2, 0) is 54.2 Å². The van der Waals surface area contributed by atoms with Crippen molar-refractivity contribution >= 4 is 45.2 Å². The van der Waals surface area contributed by atoms with Crippen LogP contribution in [0.25, 0.3) is 0 Å². The molecule has 17 nitrogen and oxygen atoms in total. The van der Waals surface area contributed by atoms with E-state index >= 15 is 0 Å². The molecule has 0 heterocycles. The fourth-order valence-corrected chi connectivity index (χ4v) is 4.52. The van der Waals surface area contributed by atoms with Crippen LogP contribution in [0.1, 0.15) is 38.7 Å². The van der Waals surface area contributed by atoms with Gasteiger partial charge in [0.15, 0.2) is 0 Å². The van der Waals surface area contributed by atoms with Crippen LogP contribution < -0.4 is 32.5 Å². The Morgan fingerprint density at radius 2 is 1.23 bits per heavy atom. The van der Waals surface area contributed by atoms with Gasteiger partial charge in [-0.3, -0.25) is 30.4 Å². The molecular formula is C34H59BrN6O11. The third-order valence-corrected chi connectivity index (χ3v) is 7.65. The first kappa shape index (κ1) is 47.2. The summed E-state index contributed by atoms with van der Waals surface area (Å²) in [6, 6.07) is 5.01. The molecule has 1 aromatic rings. The molecule has 4 amide bonds. The van der Waals surface area contributed by atoms with Crippen LogP contribution >= 0.6 is 15.9 Å². The zero-order valence-corrected chi connectivity index (χ0v) is 32.0. The Labute approximate surface area is 315 Å². The summed E-state index contributed by atoms with van der Waals surface area (Å²) in [5.74, 6) is 3.83. The molecule has 0 aliphatic heterocycles. The molecule has 0 saturated carbocycles. The molecule has 0 saturated heterocycles. The first-order valence-electron chi connectivity index (χ1n) is 17.5. The number of carbonyl (C=O) groups is 4. The number of nitrogens with two attached hydrogens (primary N) is 1. The molecule has 0 bridgehead atoms. The normalized spacial score (nSPS) is 12.3. The number of aliphatic hydroxyl groups is 1. The number of aliphatic hydroxyl groups excluding tert-OH is 1. The third-order valence-electron chi connectivity index (χ3n) is 7.14. The first-order valence-corrected chi connectivity index (χ1v) is 18.7. The lowest BCUT2D eigenvalue weighted by Gasteiger charge is -2.25. The van der Waals surface area contributed by atoms with E-state index in [2.05, 4.69) is 42.6 Å². The van der Waals surface area contributed by atoms with Gasteiger partial charge in [0, 0.05) is 25.2 Å². The SMILES string of the molecule is CC(C)[C@H](NC(=O)CCOCCOCCOCCOCCOCCOCCNC(=O)CBr)C(=O)N[C@@H](CCCNN)C(=O)Nc1ccc(CO)cc1. The average Bonchev–Trinajstić information content (AvgIpc) is 3.13. The lowest BCUT2D eigenvalue weighted by molar-refractivity contribution is -0.132. The minimum Gasteiger partial charge on any atom is -0.392 e. The summed E-state index contributed by atoms with van der Waals surface area (Å²) < 4.78 is 32.6. The number of carbonyl (C=O) groups excluding carboxylic acids is 4. The van der Waals surface area contributed by atoms with E-state index < -0.39 is 23.9 Å². The van der Waals surface area contributed by atoms with E-state index in [4.69, 9.17) is 34.3 Å². The molecule has 0 aliphatic carbocycles. The van der Waals surface area contributed by atoms with Crippen molar-refractivity contribution in [1.82, 2.24) is 21.4 Å². The van der Waals surface area contributed by atoms with Gasteiger partial charge in [0.1, 0.15) is 12.1 Å². The van der Waals surface area contributed by atoms with E-state index in [0.29, 0.717) is 110 Å². The summed E-state index contributed by atoms with van der Waals surface area (Å²) in [6.45, 7) is 9.03. The second-order valence-corrected chi connectivity index (χ2v) is 12.3. The molecule has 0 fully saturated rings. The van der Waals surface area contributed by atoms with Crippen molar-refractivity contribution in [3.63, 3.8) is 0 Å². The van der Waals surface area contributed by atoms with E-state index in [1.54, 1.807) is 38.1 Å². The van der Waals surface area contributed by atoms with Gasteiger partial charge in [-0.05, 0) is 36.5 Å². The van der Waals surface area contributed by atoms with E-state index in [-0.39, 0.29) is 42.7 Å². The van der Waals surface area contributed by atoms with Crippen molar-refractivity contribution in [3.8, 4) is 0 Å². The van der Waals surface area contributed by atoms with Gasteiger partial charge in [0.2, 0.25) is 23.6 Å². The van der Waals surface area contributed by atoms with Crippen LogP contribution in [0, 0.1) is 5.92 Å². The van der Waals surface area contributed by atoms with Crippen molar-refractivity contribution in [2.45, 2.75) is 51.8 Å². The molecule has 298 valence electrons. The number of rotatable bonds is 33. The molecule has 52 heavy (non-hydrogen) atoms. The van der Waals surface area contributed by atoms with Crippen molar-refractivity contribution in [1.29, 1.82) is 0 Å². The summed E-state index contributed by atoms with van der Waals surface area (Å²) in [5, 5.41) is 20.5. The number of hydrazine groups is 1. The van der Waals surface area contributed by atoms with Crippen molar-refractivity contribution in [2.75, 3.05) is 103 Å². The molecule has 0 aliphatic rings. The number of hydrogen-bond donors (Lipinski definition) is 7. The number of benzene rings is 1. The zero-order chi connectivity index (χ0) is 38.2. The van der Waals surface area contributed by atoms with Crippen LogP contribution in [-0.4, -0.2) is 139 Å². The molecule has 0 unspecified atom stereocenters. The highest BCUT2D eigenvalue weighted by Gasteiger charge is 2.28. The molecular weight excluding hydrogens is 748 g/mol. The van der Waals surface area contributed by atoms with E-state index in [9.17, 15) is 24.3 Å². The third kappa shape index (κ3) is 24.5. The van der Waals surface area contributed by atoms with Crippen LogP contribution in [0.2, 0.25) is 0 Å². The molecule has 0 radical (unpaired) electrons. The van der Waals surface area contributed by atoms with Crippen LogP contribution in [0.4, 0.5) is 5.69 Å². The Morgan fingerprint density at radius 3 is 1.71 bits per heavy atom. The second-order valence-electron chi connectivity index (χ2n) is 11.7. The van der Waals surface area contributed by atoms with Gasteiger partial charge in [-0.15, -0.1) is 0 Å². The van der Waals surface area contributed by atoms with E-state index in [0.717, 1.165) is 0 Å². The molecule has 18 heteroatoms. The smallest absolute Gasteiger partial charge is 0.246 e. The molecule has 8 N–H and O–H groups in total. The van der Waals surface area contributed by atoms with Crippen molar-refractivity contribution in [3.05, 3.63) is 29.8 Å². The Morgan fingerprint density at radius 1 is 0.712 bits per heavy atom. The maximum Gasteiger partial charge on any atom is 0.246 e. The number of amides is 4. The Bertz CT molecular complexity index is 1100. The highest BCUT2D eigenvalue weighted by molar-refractivity contribution is 9.09. The van der Waals surface area contributed by atoms with Crippen LogP contribution in [0.3, 0.4) is 0 Å². The topological polar surface area (TPSA) is 230 Å². The largest absolute Gasteiger partial charge is 0.392 e. The Kier molecular flexibility index (Phi) is 28.8. The quantitative estimate of drug-likeness (QED) is 0.0215. The predicted molar refractivity (Wildman–Crippen MR) is 197 cm³/mol. The number of ether oxygens (including phenoxy) is 6. The fourth-order valence-electron chi connectivity index (χ4n) is 4.32. The highest BCUT2D eigenvalue weighted by Crippen LogP contribution is 2.12. The average molecular weight is 808 g/mol. The summed E-state index contributed by atoms with van der Waals surface area (Å²) >= 11 is 3.07. The summed E-state index contributed by atoms with van der Waals surface area (Å²) in [7, 11) is 0. The van der Waals surface area contributed by atoms with Crippen LogP contribution in [0.15, 0.2) is 24.3 Å². The summed E-state index contributed by atoms with van der Waals surface area (Å²) in [5.41, 5.74) is 3.77. The van der Waals surface area contributed by atoms with E-state index in [1.165, 1.54) is 0 Å². The summed E-state index contributed by atoms with van der Waals surface area (Å²) in [6.07, 6.45) is 0.898. The van der Waals surface area contributed by atoms with Crippen LogP contribution in [0.5, 0.6) is 0 Å². The second kappa shape index (κ2) is 31.7. The minimum atomic E-state index is -0.862. The number of alkyl halides is 1.